The maximum atomic E-state index is 12.7. The van der Waals surface area contributed by atoms with E-state index in [2.05, 4.69) is 10.6 Å². The minimum atomic E-state index is -1.25. The molecule has 7 nitrogen and oxygen atoms in total. The summed E-state index contributed by atoms with van der Waals surface area (Å²) in [5.74, 6) is -2.59. The van der Waals surface area contributed by atoms with Crippen molar-refractivity contribution in [2.75, 3.05) is 5.32 Å². The molecule has 3 aromatic carbocycles. The van der Waals surface area contributed by atoms with E-state index >= 15 is 0 Å². The highest BCUT2D eigenvalue weighted by atomic mass is 35.5. The zero-order valence-electron chi connectivity index (χ0n) is 18.1. The van der Waals surface area contributed by atoms with Gasteiger partial charge in [0.1, 0.15) is 11.8 Å². The third-order valence-corrected chi connectivity index (χ3v) is 5.50. The minimum Gasteiger partial charge on any atom is -0.507 e. The van der Waals surface area contributed by atoms with Crippen LogP contribution in [0.4, 0.5) is 5.69 Å². The Bertz CT molecular complexity index is 1170. The predicted octanol–water partition coefficient (Wildman–Crippen LogP) is 4.34. The Morgan fingerprint density at radius 3 is 2.06 bits per heavy atom. The lowest BCUT2D eigenvalue weighted by Gasteiger charge is -2.16. The zero-order chi connectivity index (χ0) is 24.1. The molecule has 33 heavy (non-hydrogen) atoms. The van der Waals surface area contributed by atoms with Crippen LogP contribution in [0.15, 0.2) is 60.7 Å². The molecule has 0 aliphatic carbocycles. The number of aryl methyl sites for hydroxylation is 2. The number of aromatic hydroxyl groups is 1. The number of anilines is 1. The molecule has 0 fully saturated rings. The van der Waals surface area contributed by atoms with Gasteiger partial charge in [-0.1, -0.05) is 48.0 Å². The Morgan fingerprint density at radius 2 is 1.48 bits per heavy atom. The number of halogens is 1. The number of carbonyl (C=O) groups excluding carboxylic acids is 2. The van der Waals surface area contributed by atoms with E-state index in [1.165, 1.54) is 18.2 Å². The fourth-order valence-electron chi connectivity index (χ4n) is 3.49. The van der Waals surface area contributed by atoms with Gasteiger partial charge in [-0.2, -0.15) is 0 Å². The van der Waals surface area contributed by atoms with Gasteiger partial charge in [-0.3, -0.25) is 9.59 Å². The number of benzene rings is 3. The summed E-state index contributed by atoms with van der Waals surface area (Å²) in [6, 6.07) is 15.3. The molecular weight excluding hydrogens is 444 g/mol. The Kier molecular flexibility index (Phi) is 7.35. The third-order valence-electron chi connectivity index (χ3n) is 5.18. The molecule has 0 bridgehead atoms. The number of phenolic OH excluding ortho intramolecular Hbond substituents is 1. The van der Waals surface area contributed by atoms with Gasteiger partial charge in [-0.05, 0) is 54.8 Å². The predicted molar refractivity (Wildman–Crippen MR) is 126 cm³/mol. The number of hydrogen-bond donors (Lipinski definition) is 4. The second-order valence-corrected chi connectivity index (χ2v) is 8.03. The van der Waals surface area contributed by atoms with Crippen molar-refractivity contribution >= 4 is 35.1 Å². The summed E-state index contributed by atoms with van der Waals surface area (Å²) in [6.07, 6.45) is -0.00256. The highest BCUT2D eigenvalue weighted by Gasteiger charge is 2.24. The second kappa shape index (κ2) is 10.2. The van der Waals surface area contributed by atoms with Gasteiger partial charge >= 0.3 is 5.97 Å². The Hall–Kier alpha value is -3.84. The van der Waals surface area contributed by atoms with Gasteiger partial charge in [-0.15, -0.1) is 0 Å². The number of phenols is 1. The molecule has 0 spiro atoms. The van der Waals surface area contributed by atoms with Gasteiger partial charge in [0.2, 0.25) is 0 Å². The molecule has 2 amide bonds. The lowest BCUT2D eigenvalue weighted by molar-refractivity contribution is -0.139. The van der Waals surface area contributed by atoms with Crippen LogP contribution in [0.5, 0.6) is 5.75 Å². The fourth-order valence-corrected chi connectivity index (χ4v) is 3.75. The average Bonchev–Trinajstić information content (AvgIpc) is 2.74. The molecule has 0 heterocycles. The number of carboxylic acids is 1. The summed E-state index contributed by atoms with van der Waals surface area (Å²) in [6.45, 7) is 3.74. The van der Waals surface area contributed by atoms with E-state index in [0.717, 1.165) is 11.1 Å². The molecule has 8 heteroatoms. The van der Waals surface area contributed by atoms with Gasteiger partial charge in [0.25, 0.3) is 11.8 Å². The van der Waals surface area contributed by atoms with Gasteiger partial charge in [0, 0.05) is 17.7 Å². The zero-order valence-corrected chi connectivity index (χ0v) is 18.8. The van der Waals surface area contributed by atoms with Gasteiger partial charge in [0.05, 0.1) is 10.6 Å². The van der Waals surface area contributed by atoms with Crippen LogP contribution in [-0.4, -0.2) is 34.0 Å². The SMILES string of the molecule is Cc1cccc(C)c1C(=O)Nc1ccc(CC(NC(=O)c2c(O)cccc2Cl)C(=O)O)cc1. The largest absolute Gasteiger partial charge is 0.507 e. The van der Waals surface area contributed by atoms with Crippen molar-refractivity contribution in [3.8, 4) is 5.75 Å². The molecule has 0 saturated heterocycles. The van der Waals surface area contributed by atoms with E-state index < -0.39 is 17.9 Å². The first-order valence-electron chi connectivity index (χ1n) is 10.1. The van der Waals surface area contributed by atoms with Crippen molar-refractivity contribution in [1.82, 2.24) is 5.32 Å². The van der Waals surface area contributed by atoms with E-state index in [1.807, 2.05) is 32.0 Å². The van der Waals surface area contributed by atoms with Crippen LogP contribution in [0.3, 0.4) is 0 Å². The van der Waals surface area contributed by atoms with Gasteiger partial charge in [0.15, 0.2) is 0 Å². The van der Waals surface area contributed by atoms with Crippen LogP contribution in [-0.2, 0) is 11.2 Å². The van der Waals surface area contributed by atoms with Crippen LogP contribution in [0.2, 0.25) is 5.02 Å². The lowest BCUT2D eigenvalue weighted by Crippen LogP contribution is -2.42. The second-order valence-electron chi connectivity index (χ2n) is 7.62. The van der Waals surface area contributed by atoms with Crippen LogP contribution in [0.25, 0.3) is 0 Å². The number of carbonyl (C=O) groups is 3. The number of hydrogen-bond acceptors (Lipinski definition) is 4. The Morgan fingerprint density at radius 1 is 0.879 bits per heavy atom. The lowest BCUT2D eigenvalue weighted by atomic mass is 10.0. The molecular formula is C25H23ClN2O5. The first-order chi connectivity index (χ1) is 15.7. The van der Waals surface area contributed by atoms with Crippen molar-refractivity contribution < 1.29 is 24.6 Å². The van der Waals surface area contributed by atoms with E-state index in [1.54, 1.807) is 24.3 Å². The molecule has 0 aliphatic heterocycles. The topological polar surface area (TPSA) is 116 Å². The van der Waals surface area contributed by atoms with Gasteiger partial charge < -0.3 is 20.8 Å². The first-order valence-corrected chi connectivity index (χ1v) is 10.5. The molecule has 3 rings (SSSR count). The van der Waals surface area contributed by atoms with E-state index in [-0.39, 0.29) is 28.7 Å². The summed E-state index contributed by atoms with van der Waals surface area (Å²) < 4.78 is 0. The summed E-state index contributed by atoms with van der Waals surface area (Å²) >= 11 is 5.97. The summed E-state index contributed by atoms with van der Waals surface area (Å²) in [4.78, 5) is 36.8. The monoisotopic (exact) mass is 466 g/mol. The minimum absolute atomic E-state index is 0.00256. The van der Waals surface area contributed by atoms with E-state index in [0.29, 0.717) is 16.8 Å². The summed E-state index contributed by atoms with van der Waals surface area (Å²) in [5.41, 5.74) is 3.36. The normalized spacial score (nSPS) is 11.5. The molecule has 0 aromatic heterocycles. The van der Waals surface area contributed by atoms with Crippen LogP contribution >= 0.6 is 11.6 Å². The first kappa shape index (κ1) is 23.8. The molecule has 170 valence electrons. The number of rotatable bonds is 7. The van der Waals surface area contributed by atoms with Crippen molar-refractivity contribution in [3.05, 3.63) is 93.5 Å². The Balaban J connectivity index is 1.70. The molecule has 0 aliphatic rings. The number of amides is 2. The van der Waals surface area contributed by atoms with Crippen molar-refractivity contribution in [1.29, 1.82) is 0 Å². The quantitative estimate of drug-likeness (QED) is 0.413. The van der Waals surface area contributed by atoms with Crippen LogP contribution < -0.4 is 10.6 Å². The van der Waals surface area contributed by atoms with Crippen LogP contribution in [0.1, 0.15) is 37.4 Å². The number of carboxylic acid groups (broad SMARTS) is 1. The summed E-state index contributed by atoms with van der Waals surface area (Å²) in [7, 11) is 0. The molecule has 0 saturated carbocycles. The number of aliphatic carboxylic acids is 1. The van der Waals surface area contributed by atoms with Crippen LogP contribution in [0, 0.1) is 13.8 Å². The van der Waals surface area contributed by atoms with E-state index in [9.17, 15) is 24.6 Å². The van der Waals surface area contributed by atoms with Crippen molar-refractivity contribution in [2.24, 2.45) is 0 Å². The maximum Gasteiger partial charge on any atom is 0.326 e. The smallest absolute Gasteiger partial charge is 0.326 e. The van der Waals surface area contributed by atoms with Gasteiger partial charge in [-0.25, -0.2) is 4.79 Å². The third kappa shape index (κ3) is 5.70. The molecule has 1 atom stereocenters. The fraction of sp³-hybridized carbons (Fsp3) is 0.160. The highest BCUT2D eigenvalue weighted by Crippen LogP contribution is 2.25. The molecule has 1 unspecified atom stereocenters. The molecule has 3 aromatic rings. The van der Waals surface area contributed by atoms with Crippen molar-refractivity contribution in [3.63, 3.8) is 0 Å². The van der Waals surface area contributed by atoms with E-state index in [4.69, 9.17) is 11.6 Å². The average molecular weight is 467 g/mol. The maximum absolute atomic E-state index is 12.7. The highest BCUT2D eigenvalue weighted by molar-refractivity contribution is 6.34. The van der Waals surface area contributed by atoms with Crippen molar-refractivity contribution in [2.45, 2.75) is 26.3 Å². The summed E-state index contributed by atoms with van der Waals surface area (Å²) in [5, 5.41) is 24.7. The Labute approximate surface area is 196 Å². The molecule has 4 N–H and O–H groups in total. The number of nitrogens with one attached hydrogen (secondary N) is 2. The molecule has 0 radical (unpaired) electrons. The standard InChI is InChI=1S/C25H23ClN2O5/c1-14-5-3-6-15(2)21(14)23(30)27-17-11-9-16(10-12-17)13-19(25(32)33)28-24(31)22-18(26)7-4-8-20(22)29/h3-12,19,29H,13H2,1-2H3,(H,27,30)(H,28,31)(H,32,33).